The predicted octanol–water partition coefficient (Wildman–Crippen LogP) is 3.32. The highest BCUT2D eigenvalue weighted by molar-refractivity contribution is 5.45. The van der Waals surface area contributed by atoms with Crippen molar-refractivity contribution in [2.24, 2.45) is 0 Å². The van der Waals surface area contributed by atoms with Crippen LogP contribution < -0.4 is 10.1 Å². The van der Waals surface area contributed by atoms with Gasteiger partial charge in [-0.25, -0.2) is 0 Å². The Morgan fingerprint density at radius 1 is 1.14 bits per heavy atom. The topological polar surface area (TPSA) is 21.3 Å². The average molecular weight is 277 g/mol. The highest BCUT2D eigenvalue weighted by atomic mass is 16.5. The number of benzene rings is 2. The van der Waals surface area contributed by atoms with Gasteiger partial charge in [-0.3, -0.25) is 0 Å². The molecule has 1 unspecified atom stereocenters. The molecule has 2 nitrogen and oxygen atoms in total. The molecule has 3 rings (SSSR count). The minimum atomic E-state index is 0.426. The summed E-state index contributed by atoms with van der Waals surface area (Å²) in [6.07, 6.45) is 2.21. The SMILES string of the molecule is CNC1CCc2c(OCC#Cc3ccccc3)cccc21. The van der Waals surface area contributed by atoms with Crippen molar-refractivity contribution in [3.05, 3.63) is 65.2 Å². The lowest BCUT2D eigenvalue weighted by atomic mass is 10.1. The first kappa shape index (κ1) is 13.7. The van der Waals surface area contributed by atoms with Crippen LogP contribution in [-0.2, 0) is 6.42 Å². The smallest absolute Gasteiger partial charge is 0.149 e. The number of ether oxygens (including phenoxy) is 1. The van der Waals surface area contributed by atoms with Crippen molar-refractivity contribution in [2.45, 2.75) is 18.9 Å². The van der Waals surface area contributed by atoms with E-state index in [1.54, 1.807) is 0 Å². The molecule has 2 heteroatoms. The summed E-state index contributed by atoms with van der Waals surface area (Å²) in [5.74, 6) is 7.17. The standard InChI is InChI=1S/C19H19NO/c1-20-18-13-12-17-16(18)10-5-11-19(17)21-14-6-9-15-7-3-2-4-8-15/h2-5,7-8,10-11,18,20H,12-14H2,1H3. The molecule has 1 aliphatic carbocycles. The van der Waals surface area contributed by atoms with Gasteiger partial charge in [0, 0.05) is 11.6 Å². The maximum Gasteiger partial charge on any atom is 0.149 e. The van der Waals surface area contributed by atoms with Crippen LogP contribution in [0.1, 0.15) is 29.2 Å². The monoisotopic (exact) mass is 277 g/mol. The van der Waals surface area contributed by atoms with Crippen LogP contribution in [0.25, 0.3) is 0 Å². The molecule has 0 spiro atoms. The van der Waals surface area contributed by atoms with Gasteiger partial charge in [0.05, 0.1) is 0 Å². The van der Waals surface area contributed by atoms with E-state index in [1.165, 1.54) is 11.1 Å². The van der Waals surface area contributed by atoms with E-state index in [0.717, 1.165) is 24.2 Å². The van der Waals surface area contributed by atoms with Crippen LogP contribution in [0.15, 0.2) is 48.5 Å². The molecule has 2 aromatic carbocycles. The fraction of sp³-hybridized carbons (Fsp3) is 0.263. The van der Waals surface area contributed by atoms with Crippen molar-refractivity contribution in [3.8, 4) is 17.6 Å². The highest BCUT2D eigenvalue weighted by Gasteiger charge is 2.23. The molecule has 0 heterocycles. The predicted molar refractivity (Wildman–Crippen MR) is 85.4 cm³/mol. The molecule has 21 heavy (non-hydrogen) atoms. The second kappa shape index (κ2) is 6.47. The van der Waals surface area contributed by atoms with Gasteiger partial charge in [-0.2, -0.15) is 0 Å². The van der Waals surface area contributed by atoms with E-state index >= 15 is 0 Å². The lowest BCUT2D eigenvalue weighted by molar-refractivity contribution is 0.366. The largest absolute Gasteiger partial charge is 0.481 e. The lowest BCUT2D eigenvalue weighted by Gasteiger charge is -2.11. The first-order valence-electron chi connectivity index (χ1n) is 7.34. The third-order valence-corrected chi connectivity index (χ3v) is 3.88. The van der Waals surface area contributed by atoms with Gasteiger partial charge in [-0.1, -0.05) is 42.2 Å². The van der Waals surface area contributed by atoms with Crippen molar-refractivity contribution in [1.82, 2.24) is 5.32 Å². The normalized spacial score (nSPS) is 16.0. The van der Waals surface area contributed by atoms with Crippen LogP contribution in [-0.4, -0.2) is 13.7 Å². The summed E-state index contributed by atoms with van der Waals surface area (Å²) < 4.78 is 5.86. The Bertz CT molecular complexity index is 667. The minimum Gasteiger partial charge on any atom is -0.481 e. The van der Waals surface area contributed by atoms with Gasteiger partial charge in [0.1, 0.15) is 12.4 Å². The minimum absolute atomic E-state index is 0.426. The second-order valence-electron chi connectivity index (χ2n) is 5.16. The van der Waals surface area contributed by atoms with Crippen LogP contribution in [0.4, 0.5) is 0 Å². The Balaban J connectivity index is 1.67. The molecule has 0 aliphatic heterocycles. The highest BCUT2D eigenvalue weighted by Crippen LogP contribution is 2.36. The molecule has 0 radical (unpaired) electrons. The summed E-state index contributed by atoms with van der Waals surface area (Å²) >= 11 is 0. The Hall–Kier alpha value is -2.24. The van der Waals surface area contributed by atoms with Crippen LogP contribution >= 0.6 is 0 Å². The lowest BCUT2D eigenvalue weighted by Crippen LogP contribution is -2.12. The fourth-order valence-electron chi connectivity index (χ4n) is 2.83. The van der Waals surface area contributed by atoms with Crippen LogP contribution in [0, 0.1) is 11.8 Å². The summed E-state index contributed by atoms with van der Waals surface area (Å²) in [7, 11) is 2.01. The third-order valence-electron chi connectivity index (χ3n) is 3.88. The van der Waals surface area contributed by atoms with Gasteiger partial charge in [-0.15, -0.1) is 0 Å². The summed E-state index contributed by atoms with van der Waals surface area (Å²) in [6, 6.07) is 16.7. The van der Waals surface area contributed by atoms with Gasteiger partial charge in [0.25, 0.3) is 0 Å². The Morgan fingerprint density at radius 3 is 2.81 bits per heavy atom. The van der Waals surface area contributed by atoms with E-state index in [9.17, 15) is 0 Å². The Morgan fingerprint density at radius 2 is 2.00 bits per heavy atom. The zero-order valence-corrected chi connectivity index (χ0v) is 12.2. The zero-order valence-electron chi connectivity index (χ0n) is 12.2. The molecule has 106 valence electrons. The number of hydrogen-bond acceptors (Lipinski definition) is 2. The van der Waals surface area contributed by atoms with Crippen molar-refractivity contribution in [1.29, 1.82) is 0 Å². The maximum atomic E-state index is 5.86. The molecule has 2 aromatic rings. The van der Waals surface area contributed by atoms with Crippen LogP contribution in [0.5, 0.6) is 5.75 Å². The van der Waals surface area contributed by atoms with Crippen LogP contribution in [0.3, 0.4) is 0 Å². The van der Waals surface area contributed by atoms with Gasteiger partial charge >= 0.3 is 0 Å². The fourth-order valence-corrected chi connectivity index (χ4v) is 2.83. The molecule has 0 fully saturated rings. The molecule has 1 aliphatic rings. The van der Waals surface area contributed by atoms with E-state index in [2.05, 4.69) is 29.3 Å². The molecule has 0 amide bonds. The number of hydrogen-bond donors (Lipinski definition) is 1. The Kier molecular flexibility index (Phi) is 4.23. The second-order valence-corrected chi connectivity index (χ2v) is 5.16. The summed E-state index contributed by atoms with van der Waals surface area (Å²) in [5.41, 5.74) is 3.72. The number of nitrogens with one attached hydrogen (secondary N) is 1. The van der Waals surface area contributed by atoms with Gasteiger partial charge in [0.2, 0.25) is 0 Å². The van der Waals surface area contributed by atoms with Crippen molar-refractivity contribution < 1.29 is 4.74 Å². The summed E-state index contributed by atoms with van der Waals surface area (Å²) in [4.78, 5) is 0. The average Bonchev–Trinajstić information content (AvgIpc) is 2.96. The quantitative estimate of drug-likeness (QED) is 0.869. The van der Waals surface area contributed by atoms with E-state index < -0.39 is 0 Å². The first-order chi connectivity index (χ1) is 10.4. The maximum absolute atomic E-state index is 5.86. The van der Waals surface area contributed by atoms with Crippen LogP contribution in [0.2, 0.25) is 0 Å². The van der Waals surface area contributed by atoms with E-state index in [0.29, 0.717) is 12.6 Å². The molecular weight excluding hydrogens is 258 g/mol. The molecule has 0 bridgehead atoms. The summed E-state index contributed by atoms with van der Waals surface area (Å²) in [5, 5.41) is 3.35. The molecule has 1 N–H and O–H groups in total. The molecule has 1 atom stereocenters. The van der Waals surface area contributed by atoms with Crippen molar-refractivity contribution >= 4 is 0 Å². The molecular formula is C19H19NO. The Labute approximate surface area is 126 Å². The molecule has 0 saturated carbocycles. The van der Waals surface area contributed by atoms with E-state index in [1.807, 2.05) is 43.4 Å². The number of fused-ring (bicyclic) bond motifs is 1. The van der Waals surface area contributed by atoms with Gasteiger partial charge in [0.15, 0.2) is 0 Å². The third kappa shape index (κ3) is 3.09. The van der Waals surface area contributed by atoms with Gasteiger partial charge in [-0.05, 0) is 49.2 Å². The summed E-state index contributed by atoms with van der Waals surface area (Å²) in [6.45, 7) is 0.426. The van der Waals surface area contributed by atoms with E-state index in [-0.39, 0.29) is 0 Å². The van der Waals surface area contributed by atoms with Crippen molar-refractivity contribution in [3.63, 3.8) is 0 Å². The van der Waals surface area contributed by atoms with Gasteiger partial charge < -0.3 is 10.1 Å². The van der Waals surface area contributed by atoms with E-state index in [4.69, 9.17) is 4.74 Å². The first-order valence-corrected chi connectivity index (χ1v) is 7.34. The molecule has 0 aromatic heterocycles. The zero-order chi connectivity index (χ0) is 14.5. The van der Waals surface area contributed by atoms with Crippen molar-refractivity contribution in [2.75, 3.05) is 13.7 Å². The number of rotatable bonds is 3. The molecule has 0 saturated heterocycles.